The molecule has 2 rings (SSSR count). The van der Waals surface area contributed by atoms with Crippen LogP contribution in [0.2, 0.25) is 15.1 Å². The van der Waals surface area contributed by atoms with Crippen molar-refractivity contribution in [1.82, 2.24) is 10.6 Å². The molecule has 0 aromatic heterocycles. The second-order valence-corrected chi connectivity index (χ2v) is 6.77. The molecule has 1 atom stereocenters. The predicted octanol–water partition coefficient (Wildman–Crippen LogP) is 3.33. The maximum atomic E-state index is 12.4. The third kappa shape index (κ3) is 5.76. The van der Waals surface area contributed by atoms with Crippen LogP contribution < -0.4 is 10.6 Å². The molecule has 0 radical (unpaired) electrons. The van der Waals surface area contributed by atoms with E-state index in [9.17, 15) is 14.7 Å². The van der Waals surface area contributed by atoms with Crippen molar-refractivity contribution in [2.45, 2.75) is 12.5 Å². The van der Waals surface area contributed by atoms with Gasteiger partial charge in [-0.05, 0) is 42.0 Å². The zero-order valence-electron chi connectivity index (χ0n) is 13.8. The van der Waals surface area contributed by atoms with E-state index in [1.54, 1.807) is 18.2 Å². The molecular formula is C18H14Cl3N3O3. The number of phenols is 1. The summed E-state index contributed by atoms with van der Waals surface area (Å²) >= 11 is 17.6. The van der Waals surface area contributed by atoms with E-state index >= 15 is 0 Å². The van der Waals surface area contributed by atoms with Crippen LogP contribution in [-0.4, -0.2) is 29.5 Å². The van der Waals surface area contributed by atoms with Gasteiger partial charge in [0.2, 0.25) is 5.91 Å². The number of carbonyl (C=O) groups is 2. The summed E-state index contributed by atoms with van der Waals surface area (Å²) in [5, 5.41) is 23.8. The first-order chi connectivity index (χ1) is 12.8. The molecule has 3 N–H and O–H groups in total. The van der Waals surface area contributed by atoms with E-state index in [1.165, 1.54) is 24.3 Å². The van der Waals surface area contributed by atoms with E-state index in [0.717, 1.165) is 0 Å². The first-order valence-electron chi connectivity index (χ1n) is 7.69. The Kier molecular flexibility index (Phi) is 7.31. The summed E-state index contributed by atoms with van der Waals surface area (Å²) in [4.78, 5) is 24.8. The van der Waals surface area contributed by atoms with Gasteiger partial charge in [-0.2, -0.15) is 5.26 Å². The van der Waals surface area contributed by atoms with Gasteiger partial charge in [-0.3, -0.25) is 9.59 Å². The monoisotopic (exact) mass is 425 g/mol. The van der Waals surface area contributed by atoms with Crippen molar-refractivity contribution in [3.05, 3.63) is 62.6 Å². The molecular weight excluding hydrogens is 413 g/mol. The van der Waals surface area contributed by atoms with Crippen LogP contribution >= 0.6 is 34.8 Å². The highest BCUT2D eigenvalue weighted by Crippen LogP contribution is 2.33. The maximum Gasteiger partial charge on any atom is 0.251 e. The van der Waals surface area contributed by atoms with Crippen molar-refractivity contribution in [2.24, 2.45) is 0 Å². The number of nitriles is 1. The molecule has 0 bridgehead atoms. The number of nitrogens with one attached hydrogen (secondary N) is 2. The minimum absolute atomic E-state index is 0.0257. The van der Waals surface area contributed by atoms with Gasteiger partial charge in [-0.1, -0.05) is 34.8 Å². The standard InChI is InChI=1S/C18H14Cl3N3O3/c19-12-3-1-11(2-4-12)17(26)24-15(18(27)23-6-5-22)9-10-7-13(20)16(25)14(21)8-10/h1-4,7-8,15,25H,6,9H2,(H,23,27)(H,24,26)/t15-/m0/s1. The molecule has 2 aromatic carbocycles. The van der Waals surface area contributed by atoms with Gasteiger partial charge < -0.3 is 15.7 Å². The highest BCUT2D eigenvalue weighted by atomic mass is 35.5. The topological polar surface area (TPSA) is 102 Å². The molecule has 0 heterocycles. The minimum Gasteiger partial charge on any atom is -0.505 e. The molecule has 0 aliphatic rings. The van der Waals surface area contributed by atoms with Gasteiger partial charge in [0, 0.05) is 17.0 Å². The SMILES string of the molecule is N#CCNC(=O)[C@H](Cc1cc(Cl)c(O)c(Cl)c1)NC(=O)c1ccc(Cl)cc1. The Morgan fingerprint density at radius 1 is 1.11 bits per heavy atom. The highest BCUT2D eigenvalue weighted by Gasteiger charge is 2.22. The number of phenolic OH excluding ortho intramolecular Hbond substituents is 1. The molecule has 0 fully saturated rings. The van der Waals surface area contributed by atoms with Crippen LogP contribution in [-0.2, 0) is 11.2 Å². The average molecular weight is 427 g/mol. The lowest BCUT2D eigenvalue weighted by molar-refractivity contribution is -0.122. The summed E-state index contributed by atoms with van der Waals surface area (Å²) < 4.78 is 0. The lowest BCUT2D eigenvalue weighted by Crippen LogP contribution is -2.48. The number of benzene rings is 2. The van der Waals surface area contributed by atoms with Crippen LogP contribution in [0.5, 0.6) is 5.75 Å². The molecule has 2 aromatic rings. The van der Waals surface area contributed by atoms with Crippen LogP contribution in [0.15, 0.2) is 36.4 Å². The van der Waals surface area contributed by atoms with Crippen molar-refractivity contribution in [1.29, 1.82) is 5.26 Å². The number of carbonyl (C=O) groups excluding carboxylic acids is 2. The summed E-state index contributed by atoms with van der Waals surface area (Å²) in [5.74, 6) is -1.29. The van der Waals surface area contributed by atoms with Gasteiger partial charge in [0.1, 0.15) is 12.6 Å². The van der Waals surface area contributed by atoms with Crippen LogP contribution in [0.4, 0.5) is 0 Å². The molecule has 2 amide bonds. The third-order valence-electron chi connectivity index (χ3n) is 3.59. The smallest absolute Gasteiger partial charge is 0.251 e. The van der Waals surface area contributed by atoms with Gasteiger partial charge >= 0.3 is 0 Å². The number of nitrogens with zero attached hydrogens (tertiary/aromatic N) is 1. The van der Waals surface area contributed by atoms with Gasteiger partial charge in [0.05, 0.1) is 16.1 Å². The van der Waals surface area contributed by atoms with E-state index in [2.05, 4.69) is 10.6 Å². The van der Waals surface area contributed by atoms with Crippen LogP contribution in [0.1, 0.15) is 15.9 Å². The first kappa shape index (κ1) is 20.8. The highest BCUT2D eigenvalue weighted by molar-refractivity contribution is 6.37. The van der Waals surface area contributed by atoms with Crippen LogP contribution in [0.3, 0.4) is 0 Å². The number of aromatic hydroxyl groups is 1. The van der Waals surface area contributed by atoms with Crippen molar-refractivity contribution < 1.29 is 14.7 Å². The molecule has 9 heteroatoms. The quantitative estimate of drug-likeness (QED) is 0.617. The molecule has 140 valence electrons. The zero-order chi connectivity index (χ0) is 20.0. The normalized spacial score (nSPS) is 11.3. The van der Waals surface area contributed by atoms with Crippen molar-refractivity contribution in [2.75, 3.05) is 6.54 Å². The molecule has 6 nitrogen and oxygen atoms in total. The van der Waals surface area contributed by atoms with E-state index in [4.69, 9.17) is 40.1 Å². The largest absolute Gasteiger partial charge is 0.505 e. The minimum atomic E-state index is -0.988. The molecule has 0 saturated carbocycles. The maximum absolute atomic E-state index is 12.4. The van der Waals surface area contributed by atoms with Crippen LogP contribution in [0, 0.1) is 11.3 Å². The molecule has 0 saturated heterocycles. The Bertz CT molecular complexity index is 872. The molecule has 0 aliphatic heterocycles. The van der Waals surface area contributed by atoms with Crippen molar-refractivity contribution >= 4 is 46.6 Å². The molecule has 0 unspecified atom stereocenters. The Morgan fingerprint density at radius 2 is 1.70 bits per heavy atom. The lowest BCUT2D eigenvalue weighted by Gasteiger charge is -2.18. The van der Waals surface area contributed by atoms with E-state index in [-0.39, 0.29) is 28.8 Å². The summed E-state index contributed by atoms with van der Waals surface area (Å²) in [7, 11) is 0. The second kappa shape index (κ2) is 9.47. The van der Waals surface area contributed by atoms with Crippen LogP contribution in [0.25, 0.3) is 0 Å². The predicted molar refractivity (Wildman–Crippen MR) is 103 cm³/mol. The molecule has 27 heavy (non-hydrogen) atoms. The van der Waals surface area contributed by atoms with Crippen molar-refractivity contribution in [3.63, 3.8) is 0 Å². The van der Waals surface area contributed by atoms with Gasteiger partial charge in [0.15, 0.2) is 5.75 Å². The first-order valence-corrected chi connectivity index (χ1v) is 8.83. The van der Waals surface area contributed by atoms with E-state index < -0.39 is 17.9 Å². The Labute approximate surface area is 170 Å². The summed E-state index contributed by atoms with van der Waals surface area (Å²) in [6, 6.07) is 9.86. The number of amides is 2. The number of hydrogen-bond donors (Lipinski definition) is 3. The fraction of sp³-hybridized carbons (Fsp3) is 0.167. The Balaban J connectivity index is 2.23. The molecule has 0 spiro atoms. The number of hydrogen-bond acceptors (Lipinski definition) is 4. The summed E-state index contributed by atoms with van der Waals surface area (Å²) in [5.41, 5.74) is 0.843. The lowest BCUT2D eigenvalue weighted by atomic mass is 10.0. The fourth-order valence-electron chi connectivity index (χ4n) is 2.27. The second-order valence-electron chi connectivity index (χ2n) is 5.52. The zero-order valence-corrected chi connectivity index (χ0v) is 16.1. The average Bonchev–Trinajstić information content (AvgIpc) is 2.64. The van der Waals surface area contributed by atoms with Gasteiger partial charge in [0.25, 0.3) is 5.91 Å². The fourth-order valence-corrected chi connectivity index (χ4v) is 2.93. The van der Waals surface area contributed by atoms with Crippen molar-refractivity contribution in [3.8, 4) is 11.8 Å². The molecule has 0 aliphatic carbocycles. The number of halogens is 3. The third-order valence-corrected chi connectivity index (χ3v) is 4.41. The summed E-state index contributed by atoms with van der Waals surface area (Å²) in [6.45, 7) is -0.205. The Hall–Kier alpha value is -2.46. The van der Waals surface area contributed by atoms with Gasteiger partial charge in [-0.25, -0.2) is 0 Å². The van der Waals surface area contributed by atoms with E-state index in [0.29, 0.717) is 16.1 Å². The number of rotatable bonds is 6. The van der Waals surface area contributed by atoms with Gasteiger partial charge in [-0.15, -0.1) is 0 Å². The Morgan fingerprint density at radius 3 is 2.26 bits per heavy atom. The van der Waals surface area contributed by atoms with E-state index in [1.807, 2.05) is 0 Å². The summed E-state index contributed by atoms with van der Waals surface area (Å²) in [6.07, 6.45) is 0.0519.